The number of ether oxygens (including phenoxy) is 4. The van der Waals surface area contributed by atoms with E-state index in [0.717, 1.165) is 21.4 Å². The number of piperidine rings is 2. The van der Waals surface area contributed by atoms with Crippen LogP contribution in [0.25, 0.3) is 22.0 Å². The Kier molecular flexibility index (Phi) is 11.9. The second kappa shape index (κ2) is 17.3. The van der Waals surface area contributed by atoms with E-state index in [9.17, 15) is 28.8 Å². The molecule has 19 heteroatoms. The quantitative estimate of drug-likeness (QED) is 0.0869. The summed E-state index contributed by atoms with van der Waals surface area (Å²) >= 11 is 0. The van der Waals surface area contributed by atoms with Crippen molar-refractivity contribution in [2.45, 2.75) is 77.8 Å². The van der Waals surface area contributed by atoms with Gasteiger partial charge in [-0.25, -0.2) is 4.68 Å². The number of imide groups is 2. The van der Waals surface area contributed by atoms with Crippen molar-refractivity contribution in [1.29, 1.82) is 0 Å². The third kappa shape index (κ3) is 8.36. The monoisotopic (exact) mass is 891 g/mol. The fourth-order valence-corrected chi connectivity index (χ4v) is 8.68. The summed E-state index contributed by atoms with van der Waals surface area (Å²) in [4.78, 5) is 81.7. The highest BCUT2D eigenvalue weighted by atomic mass is 16.5. The molecule has 9 rings (SSSR count). The predicted octanol–water partition coefficient (Wildman–Crippen LogP) is 3.70. The molecule has 2 aromatic carbocycles. The molecule has 342 valence electrons. The lowest BCUT2D eigenvalue weighted by Gasteiger charge is -2.52. The summed E-state index contributed by atoms with van der Waals surface area (Å²) in [7, 11) is 4.80. The van der Waals surface area contributed by atoms with Gasteiger partial charge in [-0.05, 0) is 62.1 Å². The molecule has 5 aromatic rings. The van der Waals surface area contributed by atoms with Crippen LogP contribution in [0.3, 0.4) is 0 Å². The van der Waals surface area contributed by atoms with Gasteiger partial charge in [0.2, 0.25) is 11.8 Å². The number of amides is 5. The fraction of sp³-hybridized carbons (Fsp3) is 0.435. The SMILES string of the molecule is CCC(C)(Cn1cc(CNc2cccc3c2C(=O)N(C24CC(C2)C(=O)NC4=O)C3=O)nn1)OCC(C)(C)CNC(=O)COCc1c(OC)cc(-c2cn(C)c(=O)c3[nH]ccc23)cc1OC. The first kappa shape index (κ1) is 44.7. The Bertz CT molecular complexity index is 2760. The number of aromatic nitrogens is 5. The van der Waals surface area contributed by atoms with Gasteiger partial charge in [-0.15, -0.1) is 5.10 Å². The summed E-state index contributed by atoms with van der Waals surface area (Å²) in [6.07, 6.45) is 6.20. The van der Waals surface area contributed by atoms with Gasteiger partial charge >= 0.3 is 0 Å². The van der Waals surface area contributed by atoms with E-state index < -0.39 is 40.2 Å². The Morgan fingerprint density at radius 3 is 2.42 bits per heavy atom. The lowest BCUT2D eigenvalue weighted by molar-refractivity contribution is -0.158. The molecular weight excluding hydrogens is 839 g/mol. The molecule has 1 aliphatic carbocycles. The number of fused-ring (bicyclic) bond motifs is 4. The number of hydrogen-bond acceptors (Lipinski definition) is 13. The number of carbonyl (C=O) groups excluding carboxylic acids is 5. The van der Waals surface area contributed by atoms with Crippen LogP contribution in [0.4, 0.5) is 5.69 Å². The summed E-state index contributed by atoms with van der Waals surface area (Å²) in [6, 6.07) is 10.5. The molecule has 2 bridgehead atoms. The number of benzene rings is 2. The van der Waals surface area contributed by atoms with Crippen molar-refractivity contribution in [2.24, 2.45) is 18.4 Å². The summed E-state index contributed by atoms with van der Waals surface area (Å²) in [6.45, 7) is 9.09. The molecule has 0 spiro atoms. The van der Waals surface area contributed by atoms with E-state index >= 15 is 0 Å². The highest BCUT2D eigenvalue weighted by Gasteiger charge is 2.65. The zero-order valence-corrected chi connectivity index (χ0v) is 37.5. The van der Waals surface area contributed by atoms with Gasteiger partial charge in [-0.3, -0.25) is 39.0 Å². The van der Waals surface area contributed by atoms with Crippen LogP contribution in [0.2, 0.25) is 0 Å². The number of carbonyl (C=O) groups is 5. The second-order valence-corrected chi connectivity index (χ2v) is 18.0. The van der Waals surface area contributed by atoms with Crippen molar-refractivity contribution in [3.63, 3.8) is 0 Å². The number of methoxy groups -OCH3 is 2. The van der Waals surface area contributed by atoms with E-state index in [1.807, 2.05) is 45.9 Å². The van der Waals surface area contributed by atoms with Gasteiger partial charge < -0.3 is 39.1 Å². The number of H-pyrrole nitrogens is 1. The maximum absolute atomic E-state index is 13.7. The number of rotatable bonds is 19. The van der Waals surface area contributed by atoms with Crippen LogP contribution in [0.5, 0.6) is 11.5 Å². The average Bonchev–Trinajstić information content (AvgIpc) is 4.01. The van der Waals surface area contributed by atoms with Crippen LogP contribution < -0.4 is 31.0 Å². The maximum atomic E-state index is 13.7. The molecule has 65 heavy (non-hydrogen) atoms. The van der Waals surface area contributed by atoms with Crippen LogP contribution in [0.15, 0.2) is 59.8 Å². The zero-order valence-electron chi connectivity index (χ0n) is 37.5. The minimum atomic E-state index is -1.36. The Labute approximate surface area is 374 Å². The van der Waals surface area contributed by atoms with Gasteiger partial charge in [-0.2, -0.15) is 0 Å². The van der Waals surface area contributed by atoms with Crippen molar-refractivity contribution in [2.75, 3.05) is 39.3 Å². The molecule has 3 fully saturated rings. The third-order valence-corrected chi connectivity index (χ3v) is 12.7. The summed E-state index contributed by atoms with van der Waals surface area (Å²) < 4.78 is 27.0. The maximum Gasteiger partial charge on any atom is 0.274 e. The van der Waals surface area contributed by atoms with Crippen LogP contribution in [0, 0.1) is 11.3 Å². The Balaban J connectivity index is 0.816. The van der Waals surface area contributed by atoms with Crippen molar-refractivity contribution < 1.29 is 42.9 Å². The summed E-state index contributed by atoms with van der Waals surface area (Å²) in [5.74, 6) is -1.80. The number of hydrogen-bond donors (Lipinski definition) is 4. The van der Waals surface area contributed by atoms with Crippen molar-refractivity contribution in [3.05, 3.63) is 87.7 Å². The lowest BCUT2D eigenvalue weighted by atomic mass is 9.63. The molecule has 3 aliphatic heterocycles. The number of nitrogens with zero attached hydrogens (tertiary/aromatic N) is 5. The number of nitrogens with one attached hydrogen (secondary N) is 4. The average molecular weight is 892 g/mol. The van der Waals surface area contributed by atoms with Gasteiger partial charge in [0.05, 0.1) is 69.0 Å². The predicted molar refractivity (Wildman–Crippen MR) is 236 cm³/mol. The second-order valence-electron chi connectivity index (χ2n) is 18.0. The molecule has 3 aromatic heterocycles. The highest BCUT2D eigenvalue weighted by molar-refractivity contribution is 6.27. The molecule has 4 aliphatic rings. The van der Waals surface area contributed by atoms with Crippen LogP contribution in [-0.4, -0.2) is 104 Å². The van der Waals surface area contributed by atoms with Crippen molar-refractivity contribution >= 4 is 46.1 Å². The molecule has 1 unspecified atom stereocenters. The topological polar surface area (TPSA) is 230 Å². The van der Waals surface area contributed by atoms with Crippen molar-refractivity contribution in [1.82, 2.24) is 40.1 Å². The number of aryl methyl sites for hydroxylation is 1. The van der Waals surface area contributed by atoms with Crippen molar-refractivity contribution in [3.8, 4) is 22.6 Å². The Morgan fingerprint density at radius 2 is 1.72 bits per heavy atom. The summed E-state index contributed by atoms with van der Waals surface area (Å²) in [5.41, 5.74) is 1.54. The molecule has 4 N–H and O–H groups in total. The number of anilines is 1. The van der Waals surface area contributed by atoms with Gasteiger partial charge in [0.25, 0.3) is 23.3 Å². The number of pyridine rings is 1. The normalized spacial score (nSPS) is 18.9. The molecule has 5 amide bonds. The standard InChI is InChI=1S/C46H53N9O10/c1-8-45(4,24-54-19-28(51-52-54)18-48-33-11-9-10-30-37(33)41(59)55(40(30)58)46-16-27(17-46)39(57)50-43(46)61)65-25-44(2,3)23-49-36(56)22-64-21-32-34(62-6)14-26(15-35(32)63-7)31-20-53(5)42(60)38-29(31)12-13-47-38/h9-15,19-20,27,47-48H,8,16-18,21-25H2,1-7H3,(H,49,56)(H,50,57,61). The molecule has 1 saturated carbocycles. The lowest BCUT2D eigenvalue weighted by Crippen LogP contribution is -2.74. The van der Waals surface area contributed by atoms with Crippen LogP contribution >= 0.6 is 0 Å². The van der Waals surface area contributed by atoms with E-state index in [4.69, 9.17) is 18.9 Å². The van der Waals surface area contributed by atoms with E-state index in [2.05, 4.69) is 31.2 Å². The van der Waals surface area contributed by atoms with E-state index in [-0.39, 0.29) is 61.1 Å². The van der Waals surface area contributed by atoms with E-state index in [1.54, 1.807) is 62.7 Å². The summed E-state index contributed by atoms with van der Waals surface area (Å²) in [5, 5.41) is 17.9. The molecule has 1 atom stereocenters. The molecule has 2 saturated heterocycles. The minimum Gasteiger partial charge on any atom is -0.496 e. The fourth-order valence-electron chi connectivity index (χ4n) is 8.68. The first-order valence-corrected chi connectivity index (χ1v) is 21.4. The molecular formula is C46H53N9O10. The van der Waals surface area contributed by atoms with Gasteiger partial charge in [-0.1, -0.05) is 32.1 Å². The highest BCUT2D eigenvalue weighted by Crippen LogP contribution is 2.49. The molecule has 6 heterocycles. The van der Waals surface area contributed by atoms with E-state index in [1.165, 1.54) is 4.57 Å². The van der Waals surface area contributed by atoms with Gasteiger partial charge in [0, 0.05) is 54.0 Å². The van der Waals surface area contributed by atoms with Gasteiger partial charge in [0.15, 0.2) is 0 Å². The molecule has 0 radical (unpaired) electrons. The Morgan fingerprint density at radius 1 is 0.985 bits per heavy atom. The first-order chi connectivity index (χ1) is 31.0. The smallest absolute Gasteiger partial charge is 0.274 e. The third-order valence-electron chi connectivity index (χ3n) is 12.7. The van der Waals surface area contributed by atoms with Crippen LogP contribution in [0.1, 0.15) is 78.9 Å². The van der Waals surface area contributed by atoms with E-state index in [0.29, 0.717) is 60.1 Å². The minimum absolute atomic E-state index is 0.0505. The zero-order chi connectivity index (χ0) is 46.4. The van der Waals surface area contributed by atoms with Gasteiger partial charge in [0.1, 0.15) is 34.9 Å². The van der Waals surface area contributed by atoms with Crippen LogP contribution in [-0.2, 0) is 50.6 Å². The largest absolute Gasteiger partial charge is 0.496 e. The molecule has 19 nitrogen and oxygen atoms in total. The number of aromatic amines is 1. The Hall–Kier alpha value is -6.86. The first-order valence-electron chi connectivity index (χ1n) is 21.4.